The Hall–Kier alpha value is -4.37. The number of hydrogen-bond donors (Lipinski definition) is 2. The molecule has 0 aliphatic carbocycles. The minimum absolute atomic E-state index is 0.320. The van der Waals surface area contributed by atoms with Crippen LogP contribution in [0.15, 0.2) is 78.9 Å². The summed E-state index contributed by atoms with van der Waals surface area (Å²) in [5, 5.41) is 18.6. The molecule has 0 saturated heterocycles. The van der Waals surface area contributed by atoms with Crippen molar-refractivity contribution in [2.45, 2.75) is 0 Å². The molecule has 0 saturated carbocycles. The van der Waals surface area contributed by atoms with Gasteiger partial charge in [0.15, 0.2) is 0 Å². The Morgan fingerprint density at radius 1 is 0.556 bits per heavy atom. The van der Waals surface area contributed by atoms with Crippen molar-refractivity contribution in [1.82, 2.24) is 5.06 Å². The van der Waals surface area contributed by atoms with Gasteiger partial charge in [-0.3, -0.25) is 0 Å². The summed E-state index contributed by atoms with van der Waals surface area (Å²) >= 11 is 0. The lowest BCUT2D eigenvalue weighted by atomic mass is 10.2. The van der Waals surface area contributed by atoms with E-state index in [2.05, 4.69) is 0 Å². The molecule has 3 aromatic rings. The fourth-order valence-electron chi connectivity index (χ4n) is 2.60. The van der Waals surface area contributed by atoms with Gasteiger partial charge in [-0.15, -0.1) is 5.06 Å². The SMILES string of the molecule is CN(C)OC(=O)c1ccccc1.CN(C)c1ccc(C(=O)O)cc1.CN(C)c1ccc(C(=O)O)cc1. The van der Waals surface area contributed by atoms with Crippen LogP contribution in [-0.2, 0) is 4.84 Å². The molecule has 0 unspecified atom stereocenters. The van der Waals surface area contributed by atoms with Crippen LogP contribution in [0.3, 0.4) is 0 Å². The molecule has 9 heteroatoms. The first-order chi connectivity index (χ1) is 16.9. The topological polar surface area (TPSA) is 111 Å². The zero-order valence-corrected chi connectivity index (χ0v) is 21.4. The van der Waals surface area contributed by atoms with E-state index in [4.69, 9.17) is 15.1 Å². The summed E-state index contributed by atoms with van der Waals surface area (Å²) in [4.78, 5) is 40.8. The molecule has 0 heterocycles. The number of hydrogen-bond acceptors (Lipinski definition) is 7. The Bertz CT molecular complexity index is 1040. The van der Waals surface area contributed by atoms with Crippen LogP contribution in [0.25, 0.3) is 0 Å². The van der Waals surface area contributed by atoms with E-state index >= 15 is 0 Å². The summed E-state index contributed by atoms with van der Waals surface area (Å²) in [5.41, 5.74) is 3.20. The van der Waals surface area contributed by atoms with Gasteiger partial charge in [-0.2, -0.15) is 0 Å². The van der Waals surface area contributed by atoms with Gasteiger partial charge in [0, 0.05) is 53.7 Å². The van der Waals surface area contributed by atoms with Crippen LogP contribution in [0.5, 0.6) is 0 Å². The molecule has 3 rings (SSSR count). The third kappa shape index (κ3) is 10.7. The highest BCUT2D eigenvalue weighted by molar-refractivity contribution is 5.89. The lowest BCUT2D eigenvalue weighted by molar-refractivity contribution is -0.0713. The molecule has 0 atom stereocenters. The predicted octanol–water partition coefficient (Wildman–Crippen LogP) is 4.22. The number of carbonyl (C=O) groups is 3. The van der Waals surface area contributed by atoms with Gasteiger partial charge in [-0.1, -0.05) is 18.2 Å². The molecule has 2 N–H and O–H groups in total. The molecule has 36 heavy (non-hydrogen) atoms. The van der Waals surface area contributed by atoms with Gasteiger partial charge < -0.3 is 24.9 Å². The van der Waals surface area contributed by atoms with E-state index in [9.17, 15) is 14.4 Å². The van der Waals surface area contributed by atoms with E-state index in [0.29, 0.717) is 16.7 Å². The lowest BCUT2D eigenvalue weighted by Crippen LogP contribution is -2.18. The van der Waals surface area contributed by atoms with Crippen molar-refractivity contribution in [3.05, 3.63) is 95.6 Å². The number of aromatic carboxylic acids is 2. The van der Waals surface area contributed by atoms with Crippen molar-refractivity contribution in [3.63, 3.8) is 0 Å². The van der Waals surface area contributed by atoms with Crippen LogP contribution in [0.2, 0.25) is 0 Å². The zero-order chi connectivity index (χ0) is 27.3. The largest absolute Gasteiger partial charge is 0.478 e. The summed E-state index contributed by atoms with van der Waals surface area (Å²) in [6.07, 6.45) is 0. The molecule has 0 aliphatic heterocycles. The van der Waals surface area contributed by atoms with Crippen LogP contribution in [0.1, 0.15) is 31.1 Å². The number of rotatable bonds is 6. The second-order valence-corrected chi connectivity index (χ2v) is 8.05. The average molecular weight is 496 g/mol. The van der Waals surface area contributed by atoms with Crippen molar-refractivity contribution < 1.29 is 29.4 Å². The molecular formula is C27H33N3O6. The second kappa shape index (κ2) is 14.8. The number of carbonyl (C=O) groups excluding carboxylic acids is 1. The third-order valence-corrected chi connectivity index (χ3v) is 4.54. The number of nitrogens with zero attached hydrogens (tertiary/aromatic N) is 3. The maximum Gasteiger partial charge on any atom is 0.356 e. The van der Waals surface area contributed by atoms with Crippen molar-refractivity contribution in [2.24, 2.45) is 0 Å². The number of benzene rings is 3. The molecule has 9 nitrogen and oxygen atoms in total. The van der Waals surface area contributed by atoms with Gasteiger partial charge in [0.05, 0.1) is 16.7 Å². The monoisotopic (exact) mass is 495 g/mol. The molecule has 0 amide bonds. The summed E-state index contributed by atoms with van der Waals surface area (Å²) < 4.78 is 0. The van der Waals surface area contributed by atoms with Gasteiger partial charge in [0.25, 0.3) is 0 Å². The number of anilines is 2. The Morgan fingerprint density at radius 2 is 0.917 bits per heavy atom. The molecule has 3 aromatic carbocycles. The van der Waals surface area contributed by atoms with Crippen molar-refractivity contribution in [2.75, 3.05) is 52.1 Å². The Balaban J connectivity index is 0.000000270. The van der Waals surface area contributed by atoms with Crippen molar-refractivity contribution in [3.8, 4) is 0 Å². The molecule has 0 bridgehead atoms. The Labute approximate surface area is 211 Å². The molecule has 0 aromatic heterocycles. The van der Waals surface area contributed by atoms with Crippen molar-refractivity contribution >= 4 is 29.3 Å². The van der Waals surface area contributed by atoms with E-state index in [1.165, 1.54) is 5.06 Å². The Morgan fingerprint density at radius 3 is 1.19 bits per heavy atom. The van der Waals surface area contributed by atoms with Crippen LogP contribution in [0.4, 0.5) is 11.4 Å². The van der Waals surface area contributed by atoms with E-state index in [1.807, 2.05) is 44.1 Å². The van der Waals surface area contributed by atoms with Gasteiger partial charge >= 0.3 is 17.9 Å². The standard InChI is InChI=1S/3C9H11NO2/c2*1-10(2)8-5-3-7(4-6-8)9(11)12;1-10(2)12-9(11)8-6-4-3-5-7-8/h2*3-6H,1-2H3,(H,11,12);3-7H,1-2H3. The first kappa shape index (κ1) is 29.7. The van der Waals surface area contributed by atoms with Crippen LogP contribution < -0.4 is 9.80 Å². The summed E-state index contributed by atoms with van der Waals surface area (Å²) in [6, 6.07) is 22.4. The highest BCUT2D eigenvalue weighted by Gasteiger charge is 2.06. The first-order valence-electron chi connectivity index (χ1n) is 10.9. The number of hydroxylamine groups is 2. The Kier molecular flexibility index (Phi) is 12.2. The summed E-state index contributed by atoms with van der Waals surface area (Å²) in [6.45, 7) is 0. The van der Waals surface area contributed by atoms with E-state index in [0.717, 1.165) is 11.4 Å². The molecule has 0 fully saturated rings. The third-order valence-electron chi connectivity index (χ3n) is 4.54. The fourth-order valence-corrected chi connectivity index (χ4v) is 2.60. The molecule has 0 spiro atoms. The average Bonchev–Trinajstić information content (AvgIpc) is 2.85. The number of carboxylic acids is 2. The summed E-state index contributed by atoms with van der Waals surface area (Å²) in [5.74, 6) is -2.11. The highest BCUT2D eigenvalue weighted by atomic mass is 16.7. The smallest absolute Gasteiger partial charge is 0.356 e. The normalized spacial score (nSPS) is 9.64. The first-order valence-corrected chi connectivity index (χ1v) is 10.9. The van der Waals surface area contributed by atoms with Crippen LogP contribution >= 0.6 is 0 Å². The predicted molar refractivity (Wildman–Crippen MR) is 141 cm³/mol. The van der Waals surface area contributed by atoms with Gasteiger partial charge in [-0.05, 0) is 60.7 Å². The van der Waals surface area contributed by atoms with E-state index in [-0.39, 0.29) is 5.97 Å². The van der Waals surface area contributed by atoms with Crippen LogP contribution in [0, 0.1) is 0 Å². The number of carboxylic acid groups (broad SMARTS) is 2. The van der Waals surface area contributed by atoms with Gasteiger partial charge in [-0.25, -0.2) is 14.4 Å². The van der Waals surface area contributed by atoms with Gasteiger partial charge in [0.1, 0.15) is 0 Å². The van der Waals surface area contributed by atoms with Crippen LogP contribution in [-0.4, -0.2) is 75.5 Å². The molecule has 192 valence electrons. The molecule has 0 aliphatic rings. The van der Waals surface area contributed by atoms with E-state index < -0.39 is 11.9 Å². The van der Waals surface area contributed by atoms with E-state index in [1.54, 1.807) is 86.9 Å². The zero-order valence-electron chi connectivity index (χ0n) is 21.4. The molecular weight excluding hydrogens is 462 g/mol. The maximum atomic E-state index is 11.2. The maximum absolute atomic E-state index is 11.2. The minimum Gasteiger partial charge on any atom is -0.478 e. The fraction of sp³-hybridized carbons (Fsp3) is 0.222. The van der Waals surface area contributed by atoms with Crippen molar-refractivity contribution in [1.29, 1.82) is 0 Å². The highest BCUT2D eigenvalue weighted by Crippen LogP contribution is 2.12. The second-order valence-electron chi connectivity index (χ2n) is 8.05. The molecule has 0 radical (unpaired) electrons. The lowest BCUT2D eigenvalue weighted by Gasteiger charge is -2.11. The summed E-state index contributed by atoms with van der Waals surface area (Å²) in [7, 11) is 11.0. The van der Waals surface area contributed by atoms with Gasteiger partial charge in [0.2, 0.25) is 0 Å². The minimum atomic E-state index is -0.889. The quantitative estimate of drug-likeness (QED) is 0.486.